The van der Waals surface area contributed by atoms with Crippen LogP contribution in [0.1, 0.15) is 52.9 Å². The Hall–Kier alpha value is 0.310. The predicted octanol–water partition coefficient (Wildman–Crippen LogP) is 3.69. The lowest BCUT2D eigenvalue weighted by molar-refractivity contribution is 0.394. The Morgan fingerprint density at radius 3 is 2.73 bits per heavy atom. The van der Waals surface area contributed by atoms with Gasteiger partial charge in [0.1, 0.15) is 0 Å². The second-order valence-corrected chi connectivity index (χ2v) is 6.37. The van der Waals surface area contributed by atoms with Gasteiger partial charge >= 0.3 is 0 Å². The standard InChI is InChI=1S/C13H27NS/c1-4-6-7-12(5-2)9-14-13-8-11(3)15-10-13/h11-14H,4-10H2,1-3H3. The molecule has 0 aliphatic carbocycles. The summed E-state index contributed by atoms with van der Waals surface area (Å²) in [5.74, 6) is 2.23. The third-order valence-corrected chi connectivity index (χ3v) is 4.79. The normalized spacial score (nSPS) is 28.2. The van der Waals surface area contributed by atoms with Gasteiger partial charge in [0.05, 0.1) is 0 Å². The van der Waals surface area contributed by atoms with E-state index in [9.17, 15) is 0 Å². The smallest absolute Gasteiger partial charge is 0.0168 e. The molecule has 1 heterocycles. The molecule has 1 saturated heterocycles. The molecule has 1 N–H and O–H groups in total. The van der Waals surface area contributed by atoms with Crippen molar-refractivity contribution in [2.24, 2.45) is 5.92 Å². The van der Waals surface area contributed by atoms with E-state index in [4.69, 9.17) is 0 Å². The van der Waals surface area contributed by atoms with Gasteiger partial charge in [0.15, 0.2) is 0 Å². The topological polar surface area (TPSA) is 12.0 Å². The fourth-order valence-corrected chi connectivity index (χ4v) is 3.42. The number of thioether (sulfide) groups is 1. The molecule has 90 valence electrons. The Morgan fingerprint density at radius 2 is 2.20 bits per heavy atom. The summed E-state index contributed by atoms with van der Waals surface area (Å²) in [5.41, 5.74) is 0. The van der Waals surface area contributed by atoms with E-state index in [-0.39, 0.29) is 0 Å². The highest BCUT2D eigenvalue weighted by atomic mass is 32.2. The van der Waals surface area contributed by atoms with Gasteiger partial charge < -0.3 is 5.32 Å². The van der Waals surface area contributed by atoms with Crippen LogP contribution in [0.3, 0.4) is 0 Å². The molecule has 15 heavy (non-hydrogen) atoms. The molecule has 0 spiro atoms. The average molecular weight is 229 g/mol. The fourth-order valence-electron chi connectivity index (χ4n) is 2.24. The quantitative estimate of drug-likeness (QED) is 0.714. The maximum absolute atomic E-state index is 3.75. The Bertz CT molecular complexity index is 161. The SMILES string of the molecule is CCCCC(CC)CNC1CSC(C)C1. The summed E-state index contributed by atoms with van der Waals surface area (Å²) in [6, 6.07) is 0.792. The molecule has 0 saturated carbocycles. The minimum Gasteiger partial charge on any atom is -0.313 e. The van der Waals surface area contributed by atoms with Crippen molar-refractivity contribution in [2.45, 2.75) is 64.2 Å². The van der Waals surface area contributed by atoms with Gasteiger partial charge in [-0.1, -0.05) is 40.0 Å². The number of nitrogens with one attached hydrogen (secondary N) is 1. The van der Waals surface area contributed by atoms with Crippen molar-refractivity contribution in [3.8, 4) is 0 Å². The molecule has 1 nitrogen and oxygen atoms in total. The maximum Gasteiger partial charge on any atom is 0.0168 e. The summed E-state index contributed by atoms with van der Waals surface area (Å²) in [7, 11) is 0. The zero-order valence-corrected chi connectivity index (χ0v) is 11.4. The third kappa shape index (κ3) is 5.26. The second kappa shape index (κ2) is 7.56. The van der Waals surface area contributed by atoms with Gasteiger partial charge in [-0.3, -0.25) is 0 Å². The van der Waals surface area contributed by atoms with E-state index in [1.54, 1.807) is 0 Å². The third-order valence-electron chi connectivity index (χ3n) is 3.44. The first-order valence-electron chi connectivity index (χ1n) is 6.61. The van der Waals surface area contributed by atoms with Gasteiger partial charge in [0, 0.05) is 17.0 Å². The van der Waals surface area contributed by atoms with Crippen LogP contribution in [0.25, 0.3) is 0 Å². The molecule has 1 fully saturated rings. The van der Waals surface area contributed by atoms with Crippen LogP contribution in [0, 0.1) is 5.92 Å². The van der Waals surface area contributed by atoms with E-state index < -0.39 is 0 Å². The number of hydrogen-bond donors (Lipinski definition) is 1. The van der Waals surface area contributed by atoms with Gasteiger partial charge in [-0.05, 0) is 25.3 Å². The Balaban J connectivity index is 2.10. The van der Waals surface area contributed by atoms with E-state index in [1.807, 2.05) is 0 Å². The molecule has 2 heteroatoms. The van der Waals surface area contributed by atoms with Crippen LogP contribution in [0.15, 0.2) is 0 Å². The number of hydrogen-bond acceptors (Lipinski definition) is 2. The average Bonchev–Trinajstić information content (AvgIpc) is 2.65. The molecule has 0 radical (unpaired) electrons. The van der Waals surface area contributed by atoms with Crippen LogP contribution in [0.5, 0.6) is 0 Å². The van der Waals surface area contributed by atoms with Gasteiger partial charge in [-0.25, -0.2) is 0 Å². The van der Waals surface area contributed by atoms with E-state index in [2.05, 4.69) is 37.8 Å². The number of unbranched alkanes of at least 4 members (excludes halogenated alkanes) is 1. The van der Waals surface area contributed by atoms with Crippen molar-refractivity contribution < 1.29 is 0 Å². The molecular formula is C13H27NS. The Morgan fingerprint density at radius 1 is 1.40 bits per heavy atom. The highest BCUT2D eigenvalue weighted by Gasteiger charge is 2.21. The van der Waals surface area contributed by atoms with E-state index in [0.29, 0.717) is 0 Å². The van der Waals surface area contributed by atoms with Crippen molar-refractivity contribution in [3.63, 3.8) is 0 Å². The van der Waals surface area contributed by atoms with Gasteiger partial charge in [0.2, 0.25) is 0 Å². The zero-order valence-electron chi connectivity index (χ0n) is 10.6. The molecule has 3 unspecified atom stereocenters. The first-order valence-corrected chi connectivity index (χ1v) is 7.66. The Labute approximate surface area is 99.8 Å². The summed E-state index contributed by atoms with van der Waals surface area (Å²) >= 11 is 2.12. The molecule has 0 aromatic heterocycles. The van der Waals surface area contributed by atoms with E-state index in [0.717, 1.165) is 17.2 Å². The summed E-state index contributed by atoms with van der Waals surface area (Å²) in [5, 5.41) is 4.62. The fraction of sp³-hybridized carbons (Fsp3) is 1.00. The minimum atomic E-state index is 0.792. The largest absolute Gasteiger partial charge is 0.313 e. The van der Waals surface area contributed by atoms with Crippen molar-refractivity contribution in [3.05, 3.63) is 0 Å². The highest BCUT2D eigenvalue weighted by molar-refractivity contribution is 8.00. The predicted molar refractivity (Wildman–Crippen MR) is 71.6 cm³/mol. The molecule has 1 aliphatic rings. The van der Waals surface area contributed by atoms with Gasteiger partial charge in [-0.15, -0.1) is 0 Å². The lowest BCUT2D eigenvalue weighted by Crippen LogP contribution is -2.33. The molecule has 3 atom stereocenters. The summed E-state index contributed by atoms with van der Waals surface area (Å²) < 4.78 is 0. The van der Waals surface area contributed by atoms with Crippen molar-refractivity contribution in [1.82, 2.24) is 5.32 Å². The van der Waals surface area contributed by atoms with Gasteiger partial charge in [-0.2, -0.15) is 11.8 Å². The van der Waals surface area contributed by atoms with Crippen molar-refractivity contribution in [1.29, 1.82) is 0 Å². The number of rotatable bonds is 7. The lowest BCUT2D eigenvalue weighted by atomic mass is 9.99. The zero-order chi connectivity index (χ0) is 11.1. The molecule has 0 bridgehead atoms. The second-order valence-electron chi connectivity index (χ2n) is 4.90. The van der Waals surface area contributed by atoms with Crippen LogP contribution < -0.4 is 5.32 Å². The van der Waals surface area contributed by atoms with E-state index in [1.165, 1.54) is 44.4 Å². The lowest BCUT2D eigenvalue weighted by Gasteiger charge is -2.18. The molecular weight excluding hydrogens is 202 g/mol. The highest BCUT2D eigenvalue weighted by Crippen LogP contribution is 2.26. The van der Waals surface area contributed by atoms with Crippen LogP contribution >= 0.6 is 11.8 Å². The van der Waals surface area contributed by atoms with Crippen LogP contribution in [-0.4, -0.2) is 23.6 Å². The molecule has 0 aromatic carbocycles. The van der Waals surface area contributed by atoms with Crippen LogP contribution in [-0.2, 0) is 0 Å². The summed E-state index contributed by atoms with van der Waals surface area (Å²) in [6.45, 7) is 8.21. The maximum atomic E-state index is 3.75. The minimum absolute atomic E-state index is 0.792. The first kappa shape index (κ1) is 13.4. The first-order chi connectivity index (χ1) is 7.26. The summed E-state index contributed by atoms with van der Waals surface area (Å²) in [4.78, 5) is 0. The molecule has 0 aromatic rings. The summed E-state index contributed by atoms with van der Waals surface area (Å²) in [6.07, 6.45) is 6.86. The molecule has 0 amide bonds. The monoisotopic (exact) mass is 229 g/mol. The van der Waals surface area contributed by atoms with E-state index >= 15 is 0 Å². The molecule has 1 rings (SSSR count). The van der Waals surface area contributed by atoms with Crippen LogP contribution in [0.4, 0.5) is 0 Å². The van der Waals surface area contributed by atoms with Gasteiger partial charge in [0.25, 0.3) is 0 Å². The van der Waals surface area contributed by atoms with Crippen LogP contribution in [0.2, 0.25) is 0 Å². The van der Waals surface area contributed by atoms with Crippen molar-refractivity contribution in [2.75, 3.05) is 12.3 Å². The Kier molecular flexibility index (Phi) is 6.74. The van der Waals surface area contributed by atoms with Crippen molar-refractivity contribution >= 4 is 11.8 Å². The molecule has 1 aliphatic heterocycles.